The third kappa shape index (κ3) is 5.24. The Balaban J connectivity index is 1.58. The Bertz CT molecular complexity index is 945. The highest BCUT2D eigenvalue weighted by atomic mass is 32.2. The zero-order chi connectivity index (χ0) is 21.0. The van der Waals surface area contributed by atoms with Crippen molar-refractivity contribution < 1.29 is 22.4 Å². The molecule has 29 heavy (non-hydrogen) atoms. The Morgan fingerprint density at radius 2 is 1.76 bits per heavy atom. The fraction of sp³-hybridized carbons (Fsp3) is 0.400. The van der Waals surface area contributed by atoms with Crippen molar-refractivity contribution in [1.29, 1.82) is 0 Å². The van der Waals surface area contributed by atoms with E-state index in [1.807, 2.05) is 0 Å². The summed E-state index contributed by atoms with van der Waals surface area (Å²) in [6.07, 6.45) is 2.39. The maximum atomic E-state index is 12.9. The Hall–Kier alpha value is -2.65. The fourth-order valence-electron chi connectivity index (χ4n) is 3.52. The van der Waals surface area contributed by atoms with E-state index in [1.165, 1.54) is 40.9 Å². The van der Waals surface area contributed by atoms with E-state index in [2.05, 4.69) is 24.5 Å². The van der Waals surface area contributed by atoms with Crippen LogP contribution >= 0.6 is 0 Å². The molecule has 1 fully saturated rings. The lowest BCUT2D eigenvalue weighted by atomic mass is 9.94. The zero-order valence-electron chi connectivity index (χ0n) is 16.4. The van der Waals surface area contributed by atoms with Crippen molar-refractivity contribution in [2.45, 2.75) is 25.2 Å². The second-order valence-electron chi connectivity index (χ2n) is 7.50. The predicted octanol–water partition coefficient (Wildman–Crippen LogP) is 2.31. The van der Waals surface area contributed by atoms with Gasteiger partial charge in [-0.05, 0) is 54.7 Å². The van der Waals surface area contributed by atoms with Crippen LogP contribution in [0.3, 0.4) is 0 Å². The molecule has 0 radical (unpaired) electrons. The van der Waals surface area contributed by atoms with Crippen LogP contribution in [-0.4, -0.2) is 44.2 Å². The molecule has 1 aromatic heterocycles. The van der Waals surface area contributed by atoms with E-state index in [9.17, 15) is 18.0 Å². The minimum Gasteiger partial charge on any atom is -0.459 e. The standard InChI is InChI=1S/C20H25N3O5S/c1-14-10-15(2)13-23(12-14)29(26,27)17-7-5-16(6-8-17)22-19(24)11-21-20(25)18-4-3-9-28-18/h3-9,14-15H,10-13H2,1-2H3,(H,21,25)(H,22,24)/t14-,15+. The van der Waals surface area contributed by atoms with Crippen LogP contribution in [0.15, 0.2) is 52.0 Å². The number of furan rings is 1. The molecule has 2 amide bonds. The second-order valence-corrected chi connectivity index (χ2v) is 9.44. The number of carbonyl (C=O) groups excluding carboxylic acids is 2. The molecule has 8 nitrogen and oxygen atoms in total. The van der Waals surface area contributed by atoms with Crippen molar-refractivity contribution in [2.24, 2.45) is 11.8 Å². The molecule has 9 heteroatoms. The molecule has 3 rings (SSSR count). The highest BCUT2D eigenvalue weighted by Gasteiger charge is 2.31. The second kappa shape index (κ2) is 8.79. The number of nitrogens with zero attached hydrogens (tertiary/aromatic N) is 1. The first-order valence-electron chi connectivity index (χ1n) is 9.47. The van der Waals surface area contributed by atoms with Crippen LogP contribution < -0.4 is 10.6 Å². The van der Waals surface area contributed by atoms with E-state index in [4.69, 9.17) is 4.42 Å². The highest BCUT2D eigenvalue weighted by Crippen LogP contribution is 2.27. The van der Waals surface area contributed by atoms with Crippen molar-refractivity contribution in [3.63, 3.8) is 0 Å². The van der Waals surface area contributed by atoms with Gasteiger partial charge in [-0.2, -0.15) is 4.31 Å². The van der Waals surface area contributed by atoms with Gasteiger partial charge in [0.2, 0.25) is 15.9 Å². The number of hydrogen-bond donors (Lipinski definition) is 2. The summed E-state index contributed by atoms with van der Waals surface area (Å²) < 4.78 is 32.2. The largest absolute Gasteiger partial charge is 0.459 e. The van der Waals surface area contributed by atoms with Gasteiger partial charge >= 0.3 is 0 Å². The maximum absolute atomic E-state index is 12.9. The third-order valence-corrected chi connectivity index (χ3v) is 6.61. The first kappa shape index (κ1) is 21.1. The number of sulfonamides is 1. The summed E-state index contributed by atoms with van der Waals surface area (Å²) >= 11 is 0. The van der Waals surface area contributed by atoms with E-state index >= 15 is 0 Å². The minimum atomic E-state index is -3.57. The Kier molecular flexibility index (Phi) is 6.39. The monoisotopic (exact) mass is 419 g/mol. The number of benzene rings is 1. The normalized spacial score (nSPS) is 20.2. The molecule has 1 aromatic carbocycles. The average molecular weight is 420 g/mol. The molecule has 0 saturated carbocycles. The third-order valence-electron chi connectivity index (χ3n) is 4.77. The van der Waals surface area contributed by atoms with Crippen molar-refractivity contribution in [3.05, 3.63) is 48.4 Å². The molecule has 1 aliphatic rings. The number of piperidine rings is 1. The number of nitrogens with one attached hydrogen (secondary N) is 2. The molecule has 0 bridgehead atoms. The Labute approximate surface area is 170 Å². The number of rotatable bonds is 6. The number of amides is 2. The van der Waals surface area contributed by atoms with Gasteiger partial charge in [0.05, 0.1) is 17.7 Å². The molecule has 2 atom stereocenters. The quantitative estimate of drug-likeness (QED) is 0.747. The van der Waals surface area contributed by atoms with Crippen LogP contribution in [0, 0.1) is 11.8 Å². The summed E-state index contributed by atoms with van der Waals surface area (Å²) in [6, 6.07) is 9.12. The van der Waals surface area contributed by atoms with E-state index in [0.29, 0.717) is 30.6 Å². The maximum Gasteiger partial charge on any atom is 0.287 e. The molecule has 0 aliphatic carbocycles. The SMILES string of the molecule is C[C@@H]1C[C@H](C)CN(S(=O)(=O)c2ccc(NC(=O)CNC(=O)c3ccco3)cc2)C1. The molecule has 2 N–H and O–H groups in total. The topological polar surface area (TPSA) is 109 Å². The van der Waals surface area contributed by atoms with Crippen LogP contribution in [-0.2, 0) is 14.8 Å². The first-order chi connectivity index (χ1) is 13.8. The molecule has 2 aromatic rings. The van der Waals surface area contributed by atoms with Crippen molar-refractivity contribution in [1.82, 2.24) is 9.62 Å². The van der Waals surface area contributed by atoms with Crippen LogP contribution in [0.25, 0.3) is 0 Å². The van der Waals surface area contributed by atoms with Crippen molar-refractivity contribution in [2.75, 3.05) is 25.0 Å². The highest BCUT2D eigenvalue weighted by molar-refractivity contribution is 7.89. The van der Waals surface area contributed by atoms with E-state index in [1.54, 1.807) is 6.07 Å². The molecule has 1 saturated heterocycles. The lowest BCUT2D eigenvalue weighted by Gasteiger charge is -2.34. The average Bonchev–Trinajstić information content (AvgIpc) is 3.21. The van der Waals surface area contributed by atoms with Gasteiger partial charge in [0.25, 0.3) is 5.91 Å². The lowest BCUT2D eigenvalue weighted by molar-refractivity contribution is -0.115. The molecule has 156 valence electrons. The van der Waals surface area contributed by atoms with Gasteiger partial charge in [0.15, 0.2) is 5.76 Å². The summed E-state index contributed by atoms with van der Waals surface area (Å²) in [4.78, 5) is 24.0. The first-order valence-corrected chi connectivity index (χ1v) is 10.9. The van der Waals surface area contributed by atoms with Gasteiger partial charge in [-0.1, -0.05) is 13.8 Å². The smallest absolute Gasteiger partial charge is 0.287 e. The zero-order valence-corrected chi connectivity index (χ0v) is 17.2. The summed E-state index contributed by atoms with van der Waals surface area (Å²) in [5.74, 6) is -0.156. The van der Waals surface area contributed by atoms with Crippen molar-refractivity contribution in [3.8, 4) is 0 Å². The van der Waals surface area contributed by atoms with Gasteiger partial charge in [-0.15, -0.1) is 0 Å². The minimum absolute atomic E-state index is 0.119. The van der Waals surface area contributed by atoms with Crippen LogP contribution in [0.5, 0.6) is 0 Å². The summed E-state index contributed by atoms with van der Waals surface area (Å²) in [5, 5.41) is 5.07. The van der Waals surface area contributed by atoms with Crippen LogP contribution in [0.2, 0.25) is 0 Å². The molecule has 2 heterocycles. The summed E-state index contributed by atoms with van der Waals surface area (Å²) in [7, 11) is -3.57. The van der Waals surface area contributed by atoms with Gasteiger partial charge < -0.3 is 15.1 Å². The lowest BCUT2D eigenvalue weighted by Crippen LogP contribution is -2.42. The molecular weight excluding hydrogens is 394 g/mol. The van der Waals surface area contributed by atoms with Crippen LogP contribution in [0.1, 0.15) is 30.8 Å². The van der Waals surface area contributed by atoms with E-state index in [0.717, 1.165) is 6.42 Å². The summed E-state index contributed by atoms with van der Waals surface area (Å²) in [5.41, 5.74) is 0.446. The van der Waals surface area contributed by atoms with Gasteiger partial charge in [0.1, 0.15) is 0 Å². The fourth-order valence-corrected chi connectivity index (χ4v) is 5.20. The van der Waals surface area contributed by atoms with Gasteiger partial charge in [-0.3, -0.25) is 9.59 Å². The van der Waals surface area contributed by atoms with Crippen molar-refractivity contribution >= 4 is 27.5 Å². The van der Waals surface area contributed by atoms with Gasteiger partial charge in [-0.25, -0.2) is 8.42 Å². The number of carbonyl (C=O) groups is 2. The Morgan fingerprint density at radius 3 is 2.34 bits per heavy atom. The summed E-state index contributed by atoms with van der Waals surface area (Å²) in [6.45, 7) is 4.91. The molecule has 0 unspecified atom stereocenters. The van der Waals surface area contributed by atoms with E-state index < -0.39 is 21.8 Å². The van der Waals surface area contributed by atoms with Crippen LogP contribution in [0.4, 0.5) is 5.69 Å². The number of hydrogen-bond acceptors (Lipinski definition) is 5. The predicted molar refractivity (Wildman–Crippen MR) is 108 cm³/mol. The van der Waals surface area contributed by atoms with E-state index in [-0.39, 0.29) is 17.2 Å². The molecular formula is C20H25N3O5S. The molecule has 1 aliphatic heterocycles. The molecule has 0 spiro atoms. The number of anilines is 1. The van der Waals surface area contributed by atoms with Gasteiger partial charge in [0, 0.05) is 18.8 Å². The Morgan fingerprint density at radius 1 is 1.10 bits per heavy atom.